The van der Waals surface area contributed by atoms with Gasteiger partial charge in [0.25, 0.3) is 0 Å². The number of nitrogens with one attached hydrogen (secondary N) is 1. The number of rotatable bonds is 7. The lowest BCUT2D eigenvalue weighted by atomic mass is 10.1. The van der Waals surface area contributed by atoms with Gasteiger partial charge in [-0.25, -0.2) is 8.42 Å². The van der Waals surface area contributed by atoms with Crippen LogP contribution in [-0.2, 0) is 14.8 Å². The van der Waals surface area contributed by atoms with Gasteiger partial charge in [-0.1, -0.05) is 17.7 Å². The molecular weight excluding hydrogens is 388 g/mol. The van der Waals surface area contributed by atoms with Gasteiger partial charge in [-0.15, -0.1) is 0 Å². The molecule has 0 saturated carbocycles. The van der Waals surface area contributed by atoms with Crippen molar-refractivity contribution in [3.05, 3.63) is 52.5 Å². The van der Waals surface area contributed by atoms with Gasteiger partial charge in [0, 0.05) is 17.8 Å². The highest BCUT2D eigenvalue weighted by molar-refractivity contribution is 7.89. The van der Waals surface area contributed by atoms with E-state index in [0.29, 0.717) is 12.3 Å². The number of halogens is 1. The van der Waals surface area contributed by atoms with Crippen molar-refractivity contribution in [3.63, 3.8) is 0 Å². The van der Waals surface area contributed by atoms with Gasteiger partial charge in [0.15, 0.2) is 0 Å². The minimum Gasteiger partial charge on any atom is -0.492 e. The molecule has 0 unspecified atom stereocenters. The van der Waals surface area contributed by atoms with E-state index in [1.165, 1.54) is 19.2 Å². The monoisotopic (exact) mass is 410 g/mol. The summed E-state index contributed by atoms with van der Waals surface area (Å²) in [4.78, 5) is 12.3. The molecule has 0 aliphatic heterocycles. The molecule has 0 bridgehead atoms. The first-order valence-corrected chi connectivity index (χ1v) is 10.2. The molecule has 0 atom stereocenters. The lowest BCUT2D eigenvalue weighted by Gasteiger charge is -2.19. The summed E-state index contributed by atoms with van der Waals surface area (Å²) in [6, 6.07) is 10.0. The third-order valence-electron chi connectivity index (χ3n) is 3.77. The molecule has 0 aromatic heterocycles. The lowest BCUT2D eigenvalue weighted by Crippen LogP contribution is -2.35. The molecule has 2 rings (SSSR count). The third-order valence-corrected chi connectivity index (χ3v) is 5.83. The van der Waals surface area contributed by atoms with E-state index in [2.05, 4.69) is 5.32 Å². The molecule has 8 heteroatoms. The Morgan fingerprint density at radius 3 is 2.37 bits per heavy atom. The van der Waals surface area contributed by atoms with Crippen LogP contribution in [0.5, 0.6) is 5.75 Å². The van der Waals surface area contributed by atoms with Gasteiger partial charge < -0.3 is 10.1 Å². The first kappa shape index (κ1) is 21.2. The quantitative estimate of drug-likeness (QED) is 0.756. The number of nitrogens with zero attached hydrogens (tertiary/aromatic N) is 1. The Labute approximate surface area is 165 Å². The molecule has 27 heavy (non-hydrogen) atoms. The van der Waals surface area contributed by atoms with Crippen molar-refractivity contribution in [2.24, 2.45) is 0 Å². The van der Waals surface area contributed by atoms with E-state index in [4.69, 9.17) is 16.3 Å². The Bertz CT molecular complexity index is 924. The molecule has 0 aliphatic rings. The van der Waals surface area contributed by atoms with Crippen LogP contribution in [-0.4, -0.2) is 38.8 Å². The Hall–Kier alpha value is -2.09. The van der Waals surface area contributed by atoms with E-state index in [0.717, 1.165) is 15.4 Å². The normalized spacial score (nSPS) is 11.5. The summed E-state index contributed by atoms with van der Waals surface area (Å²) in [5.41, 5.74) is 2.64. The maximum Gasteiger partial charge on any atom is 0.247 e. The van der Waals surface area contributed by atoms with Crippen LogP contribution < -0.4 is 10.1 Å². The fraction of sp³-hybridized carbons (Fsp3) is 0.316. The number of hydrogen-bond donors (Lipinski definition) is 1. The van der Waals surface area contributed by atoms with Gasteiger partial charge in [0.2, 0.25) is 15.9 Å². The maximum atomic E-state index is 12.9. The van der Waals surface area contributed by atoms with E-state index in [1.54, 1.807) is 13.0 Å². The van der Waals surface area contributed by atoms with Gasteiger partial charge in [0.1, 0.15) is 10.6 Å². The van der Waals surface area contributed by atoms with Gasteiger partial charge in [0.05, 0.1) is 13.2 Å². The van der Waals surface area contributed by atoms with Crippen LogP contribution in [0, 0.1) is 13.8 Å². The molecule has 1 amide bonds. The molecule has 0 aliphatic carbocycles. The van der Waals surface area contributed by atoms with Crippen LogP contribution in [0.25, 0.3) is 0 Å². The maximum absolute atomic E-state index is 12.9. The Morgan fingerprint density at radius 2 is 1.78 bits per heavy atom. The highest BCUT2D eigenvalue weighted by Gasteiger charge is 2.27. The standard InChI is InChI=1S/C19H23ClN2O4S/c1-5-26-17-7-6-15(20)11-18(17)27(24,25)22(4)12-19(23)21-16-9-13(2)8-14(3)10-16/h6-11H,5,12H2,1-4H3,(H,21,23). The number of sulfonamides is 1. The van der Waals surface area contributed by atoms with Crippen LogP contribution in [0.3, 0.4) is 0 Å². The summed E-state index contributed by atoms with van der Waals surface area (Å²) in [7, 11) is -2.61. The van der Waals surface area contributed by atoms with Gasteiger partial charge in [-0.05, 0) is 62.2 Å². The smallest absolute Gasteiger partial charge is 0.247 e. The highest BCUT2D eigenvalue weighted by Crippen LogP contribution is 2.29. The van der Waals surface area contributed by atoms with Crippen molar-refractivity contribution in [1.82, 2.24) is 4.31 Å². The second-order valence-electron chi connectivity index (χ2n) is 6.21. The van der Waals surface area contributed by atoms with Crippen molar-refractivity contribution in [3.8, 4) is 5.75 Å². The van der Waals surface area contributed by atoms with Crippen molar-refractivity contribution >= 4 is 33.2 Å². The predicted octanol–water partition coefficient (Wildman–Crippen LogP) is 3.61. The van der Waals surface area contributed by atoms with E-state index < -0.39 is 15.9 Å². The van der Waals surface area contributed by atoms with Crippen LogP contribution in [0.2, 0.25) is 5.02 Å². The molecular formula is C19H23ClN2O4S. The first-order chi connectivity index (χ1) is 12.6. The number of carbonyl (C=O) groups excluding carboxylic acids is 1. The van der Waals surface area contributed by atoms with E-state index in [9.17, 15) is 13.2 Å². The molecule has 1 N–H and O–H groups in total. The van der Waals surface area contributed by atoms with E-state index in [-0.39, 0.29) is 22.2 Å². The summed E-state index contributed by atoms with van der Waals surface area (Å²) in [5.74, 6) is -0.241. The zero-order chi connectivity index (χ0) is 20.2. The predicted molar refractivity (Wildman–Crippen MR) is 107 cm³/mol. The Morgan fingerprint density at radius 1 is 1.15 bits per heavy atom. The molecule has 146 valence electrons. The molecule has 0 fully saturated rings. The van der Waals surface area contributed by atoms with Gasteiger partial charge in [-0.2, -0.15) is 4.31 Å². The topological polar surface area (TPSA) is 75.7 Å². The zero-order valence-corrected chi connectivity index (χ0v) is 17.3. The van der Waals surface area contributed by atoms with Crippen LogP contribution in [0.15, 0.2) is 41.3 Å². The van der Waals surface area contributed by atoms with Crippen LogP contribution >= 0.6 is 11.6 Å². The Balaban J connectivity index is 2.20. The minimum absolute atomic E-state index is 0.0708. The number of carbonyl (C=O) groups is 1. The summed E-state index contributed by atoms with van der Waals surface area (Å²) in [5, 5.41) is 3.00. The molecule has 6 nitrogen and oxygen atoms in total. The molecule has 2 aromatic carbocycles. The summed E-state index contributed by atoms with van der Waals surface area (Å²) < 4.78 is 32.1. The van der Waals surface area contributed by atoms with E-state index >= 15 is 0 Å². The van der Waals surface area contributed by atoms with Gasteiger partial charge in [-0.3, -0.25) is 4.79 Å². The first-order valence-electron chi connectivity index (χ1n) is 8.40. The van der Waals surface area contributed by atoms with Crippen molar-refractivity contribution in [2.75, 3.05) is 25.5 Å². The number of benzene rings is 2. The Kier molecular flexibility index (Phi) is 6.86. The fourth-order valence-electron chi connectivity index (χ4n) is 2.66. The number of likely N-dealkylation sites (N-methyl/N-ethyl adjacent to an activating group) is 1. The molecule has 2 aromatic rings. The largest absolute Gasteiger partial charge is 0.492 e. The number of anilines is 1. The van der Waals surface area contributed by atoms with Gasteiger partial charge >= 0.3 is 0 Å². The van der Waals surface area contributed by atoms with Crippen LogP contribution in [0.4, 0.5) is 5.69 Å². The fourth-order valence-corrected chi connectivity index (χ4v) is 4.18. The second kappa shape index (κ2) is 8.73. The third kappa shape index (κ3) is 5.45. The molecule has 0 spiro atoms. The van der Waals surface area contributed by atoms with Crippen molar-refractivity contribution in [1.29, 1.82) is 0 Å². The summed E-state index contributed by atoms with van der Waals surface area (Å²) >= 11 is 5.95. The zero-order valence-electron chi connectivity index (χ0n) is 15.7. The van der Waals surface area contributed by atoms with Crippen molar-refractivity contribution in [2.45, 2.75) is 25.7 Å². The minimum atomic E-state index is -3.95. The van der Waals surface area contributed by atoms with Crippen molar-refractivity contribution < 1.29 is 17.9 Å². The number of amides is 1. The molecule has 0 radical (unpaired) electrons. The second-order valence-corrected chi connectivity index (χ2v) is 8.66. The average Bonchev–Trinajstić information content (AvgIpc) is 2.55. The molecule has 0 heterocycles. The summed E-state index contributed by atoms with van der Waals surface area (Å²) in [6.45, 7) is 5.57. The molecule has 0 saturated heterocycles. The lowest BCUT2D eigenvalue weighted by molar-refractivity contribution is -0.116. The SMILES string of the molecule is CCOc1ccc(Cl)cc1S(=O)(=O)N(C)CC(=O)Nc1cc(C)cc(C)c1. The average molecular weight is 411 g/mol. The highest BCUT2D eigenvalue weighted by atomic mass is 35.5. The number of aryl methyl sites for hydroxylation is 2. The van der Waals surface area contributed by atoms with Crippen LogP contribution in [0.1, 0.15) is 18.1 Å². The number of ether oxygens (including phenoxy) is 1. The number of hydrogen-bond acceptors (Lipinski definition) is 4. The van der Waals surface area contributed by atoms with E-state index in [1.807, 2.05) is 32.0 Å². The summed E-state index contributed by atoms with van der Waals surface area (Å²) in [6.07, 6.45) is 0.